The second-order valence-corrected chi connectivity index (χ2v) is 11.0. The predicted molar refractivity (Wildman–Crippen MR) is 202 cm³/mol. The smallest absolute Gasteiger partial charge is 0.137 e. The maximum atomic E-state index is 9.57. The molecule has 0 fully saturated rings. The van der Waals surface area contributed by atoms with Gasteiger partial charge in [0.05, 0.1) is 31.6 Å². The first-order valence-corrected chi connectivity index (χ1v) is 15.1. The minimum atomic E-state index is -0.800. The maximum Gasteiger partial charge on any atom is 0.137 e. The van der Waals surface area contributed by atoms with Gasteiger partial charge < -0.3 is 9.32 Å². The quantitative estimate of drug-likeness (QED) is 0.182. The van der Waals surface area contributed by atoms with Crippen molar-refractivity contribution in [3.63, 3.8) is 0 Å². The lowest BCUT2D eigenvalue weighted by molar-refractivity contribution is 0.669. The Morgan fingerprint density at radius 2 is 1.17 bits per heavy atom. The topological polar surface area (TPSA) is 16.4 Å². The molecule has 0 unspecified atom stereocenters. The molecule has 0 saturated carbocycles. The van der Waals surface area contributed by atoms with Crippen molar-refractivity contribution in [1.82, 2.24) is 0 Å². The zero-order valence-corrected chi connectivity index (χ0v) is 25.1. The summed E-state index contributed by atoms with van der Waals surface area (Å²) in [6, 6.07) is 18.8. The highest BCUT2D eigenvalue weighted by molar-refractivity contribution is 6.13. The van der Waals surface area contributed by atoms with Crippen molar-refractivity contribution in [2.45, 2.75) is 0 Å². The van der Waals surface area contributed by atoms with Crippen LogP contribution in [0, 0.1) is 0 Å². The van der Waals surface area contributed by atoms with Gasteiger partial charge in [0, 0.05) is 16.8 Å². The van der Waals surface area contributed by atoms with Crippen LogP contribution in [0.25, 0.3) is 66.1 Å². The molecular weight excluding hydrogens is 583 g/mol. The Labute approximate surface area is 300 Å². The van der Waals surface area contributed by atoms with Crippen LogP contribution in [0.5, 0.6) is 0 Å². The van der Waals surface area contributed by atoms with E-state index in [-0.39, 0.29) is 5.69 Å². The number of benzene rings is 8. The Balaban J connectivity index is 1.33. The SMILES string of the molecule is [2H]c1c([2H])c([2H])c(-c2c([2H])c([2H])c([2H])c3c([2H])c(-c4c([2H])c([2H])c(N(c5ccc(-c6ccccc6)cc5)c5cccc6oc7ccccc7c56)c([2H])c4[2H])c([2H])c([2H])c23)c([2H])c1[2H]. The van der Waals surface area contributed by atoms with Gasteiger partial charge in [-0.1, -0.05) is 139 Å². The minimum Gasteiger partial charge on any atom is -0.456 e. The van der Waals surface area contributed by atoms with Gasteiger partial charge in [-0.25, -0.2) is 0 Å². The van der Waals surface area contributed by atoms with Crippen LogP contribution in [0.1, 0.15) is 20.6 Å². The molecule has 1 heterocycles. The van der Waals surface area contributed by atoms with Gasteiger partial charge in [0.1, 0.15) is 11.2 Å². The van der Waals surface area contributed by atoms with E-state index in [4.69, 9.17) is 15.4 Å². The van der Waals surface area contributed by atoms with E-state index in [1.54, 1.807) is 35.2 Å². The van der Waals surface area contributed by atoms with Gasteiger partial charge in [0.25, 0.3) is 0 Å². The van der Waals surface area contributed by atoms with Crippen LogP contribution < -0.4 is 4.90 Å². The molecule has 0 N–H and O–H groups in total. The van der Waals surface area contributed by atoms with Crippen molar-refractivity contribution in [3.8, 4) is 33.4 Å². The third kappa shape index (κ3) is 4.92. The van der Waals surface area contributed by atoms with E-state index in [2.05, 4.69) is 0 Å². The van der Waals surface area contributed by atoms with Crippen molar-refractivity contribution in [2.75, 3.05) is 4.90 Å². The molecule has 0 aliphatic rings. The van der Waals surface area contributed by atoms with Crippen molar-refractivity contribution in [1.29, 1.82) is 0 Å². The zero-order valence-electron chi connectivity index (χ0n) is 40.1. The molecule has 2 heteroatoms. The number of furan rings is 1. The van der Waals surface area contributed by atoms with E-state index in [0.29, 0.717) is 27.9 Å². The standard InChI is InChI=1S/C46H31NO/c1-3-11-32(12-4-1)33-21-26-38(27-22-33)47(43-18-10-20-45-46(43)42-16-7-8-19-44(42)48-45)39-28-23-34(24-29-39)36-25-30-41-37(31-36)15-9-17-40(41)35-13-5-2-6-14-35/h1-31H/i2D,5D,6D,9D,13D,14D,15D,17D,23D,24D,25D,28D,29D,30D,31D. The molecule has 0 spiro atoms. The third-order valence-corrected chi connectivity index (χ3v) is 8.13. The molecule has 0 bridgehead atoms. The Morgan fingerprint density at radius 1 is 0.438 bits per heavy atom. The molecule has 9 aromatic rings. The maximum absolute atomic E-state index is 9.57. The summed E-state index contributed by atoms with van der Waals surface area (Å²) in [5.41, 5.74) is 1.49. The lowest BCUT2D eigenvalue weighted by atomic mass is 9.95. The fraction of sp³-hybridized carbons (Fsp3) is 0. The second-order valence-electron chi connectivity index (χ2n) is 11.0. The van der Waals surface area contributed by atoms with Crippen LogP contribution in [-0.2, 0) is 0 Å². The summed E-state index contributed by atoms with van der Waals surface area (Å²) in [7, 11) is 0. The Hall–Kier alpha value is -6.38. The number of rotatable bonds is 6. The molecule has 0 saturated heterocycles. The monoisotopic (exact) mass is 628 g/mol. The summed E-state index contributed by atoms with van der Waals surface area (Å²) >= 11 is 0. The average molecular weight is 629 g/mol. The summed E-state index contributed by atoms with van der Waals surface area (Å²) < 4.78 is 140. The Bertz CT molecular complexity index is 3350. The molecule has 2 nitrogen and oxygen atoms in total. The molecule has 0 amide bonds. The fourth-order valence-corrected chi connectivity index (χ4v) is 5.90. The van der Waals surface area contributed by atoms with Gasteiger partial charge in [-0.2, -0.15) is 0 Å². The zero-order chi connectivity index (χ0) is 44.9. The molecule has 48 heavy (non-hydrogen) atoms. The Morgan fingerprint density at radius 3 is 2.00 bits per heavy atom. The Kier molecular flexibility index (Phi) is 4.03. The number of hydrogen-bond acceptors (Lipinski definition) is 2. The van der Waals surface area contributed by atoms with Crippen molar-refractivity contribution < 1.29 is 25.0 Å². The van der Waals surface area contributed by atoms with Gasteiger partial charge in [-0.15, -0.1) is 0 Å². The van der Waals surface area contributed by atoms with Crippen LogP contribution in [0.2, 0.25) is 0 Å². The van der Waals surface area contributed by atoms with Gasteiger partial charge in [-0.3, -0.25) is 0 Å². The van der Waals surface area contributed by atoms with Crippen LogP contribution in [0.3, 0.4) is 0 Å². The lowest BCUT2D eigenvalue weighted by Gasteiger charge is -2.26. The van der Waals surface area contributed by atoms with Crippen LogP contribution in [-0.4, -0.2) is 0 Å². The van der Waals surface area contributed by atoms with E-state index >= 15 is 0 Å². The van der Waals surface area contributed by atoms with Crippen molar-refractivity contribution >= 4 is 49.8 Å². The van der Waals surface area contributed by atoms with E-state index in [0.717, 1.165) is 16.5 Å². The highest BCUT2D eigenvalue weighted by Gasteiger charge is 2.19. The van der Waals surface area contributed by atoms with Crippen molar-refractivity contribution in [2.24, 2.45) is 0 Å². The number of nitrogens with zero attached hydrogens (tertiary/aromatic N) is 1. The van der Waals surface area contributed by atoms with Crippen LogP contribution >= 0.6 is 0 Å². The van der Waals surface area contributed by atoms with Gasteiger partial charge in [-0.05, 0) is 92.6 Å². The largest absolute Gasteiger partial charge is 0.456 e. The van der Waals surface area contributed by atoms with E-state index < -0.39 is 124 Å². The summed E-state index contributed by atoms with van der Waals surface area (Å²) in [5.74, 6) is 0. The lowest BCUT2D eigenvalue weighted by Crippen LogP contribution is -2.10. The summed E-state index contributed by atoms with van der Waals surface area (Å²) in [4.78, 5) is 1.60. The molecule has 0 radical (unpaired) electrons. The molecule has 8 aromatic carbocycles. The highest BCUT2D eigenvalue weighted by atomic mass is 16.3. The number of anilines is 3. The van der Waals surface area contributed by atoms with E-state index in [1.165, 1.54) is 0 Å². The van der Waals surface area contributed by atoms with Gasteiger partial charge in [0.15, 0.2) is 0 Å². The number of hydrogen-bond donors (Lipinski definition) is 0. The molecule has 9 rings (SSSR count). The summed E-state index contributed by atoms with van der Waals surface area (Å²) in [5, 5.41) is 0.384. The van der Waals surface area contributed by atoms with Crippen LogP contribution in [0.15, 0.2) is 192 Å². The van der Waals surface area contributed by atoms with Gasteiger partial charge >= 0.3 is 0 Å². The molecule has 0 aliphatic heterocycles. The molecule has 226 valence electrons. The first-order valence-electron chi connectivity index (χ1n) is 22.6. The average Bonchev–Trinajstić information content (AvgIpc) is 3.68. The van der Waals surface area contributed by atoms with Crippen molar-refractivity contribution in [3.05, 3.63) is 188 Å². The minimum absolute atomic E-state index is 0.180. The van der Waals surface area contributed by atoms with E-state index in [9.17, 15) is 9.60 Å². The molecular formula is C46H31NO. The van der Waals surface area contributed by atoms with Gasteiger partial charge in [0.2, 0.25) is 0 Å². The second kappa shape index (κ2) is 11.8. The molecule has 1 aromatic heterocycles. The third-order valence-electron chi connectivity index (χ3n) is 8.13. The van der Waals surface area contributed by atoms with E-state index in [1.807, 2.05) is 66.7 Å². The number of para-hydroxylation sites is 1. The van der Waals surface area contributed by atoms with Crippen LogP contribution in [0.4, 0.5) is 17.1 Å². The molecule has 0 atom stereocenters. The highest BCUT2D eigenvalue weighted by Crippen LogP contribution is 2.43. The predicted octanol–water partition coefficient (Wildman–Crippen LogP) is 13.2. The first kappa shape index (κ1) is 16.4. The summed E-state index contributed by atoms with van der Waals surface area (Å²) in [6.45, 7) is 0. The number of fused-ring (bicyclic) bond motifs is 4. The first-order chi connectivity index (χ1) is 30.1. The molecule has 0 aliphatic carbocycles. The summed E-state index contributed by atoms with van der Waals surface area (Å²) in [6.07, 6.45) is 0. The normalized spacial score (nSPS) is 15.7. The fourth-order valence-electron chi connectivity index (χ4n) is 5.90.